The van der Waals surface area contributed by atoms with Crippen LogP contribution in [-0.2, 0) is 11.8 Å². The average molecular weight is 396 g/mol. The summed E-state index contributed by atoms with van der Waals surface area (Å²) in [7, 11) is 2.19. The van der Waals surface area contributed by atoms with E-state index >= 15 is 0 Å². The van der Waals surface area contributed by atoms with Crippen molar-refractivity contribution in [3.05, 3.63) is 101 Å². The van der Waals surface area contributed by atoms with Crippen LogP contribution in [0.2, 0.25) is 0 Å². The molecular formula is C26H23N2S+. The molecule has 3 heteroatoms. The highest BCUT2D eigenvalue weighted by molar-refractivity contribution is 7.10. The molecule has 0 radical (unpaired) electrons. The molecule has 29 heavy (non-hydrogen) atoms. The van der Waals surface area contributed by atoms with Crippen LogP contribution in [0.1, 0.15) is 23.1 Å². The maximum atomic E-state index is 4.66. The van der Waals surface area contributed by atoms with Gasteiger partial charge in [0.05, 0.1) is 5.41 Å². The van der Waals surface area contributed by atoms with E-state index in [1.54, 1.807) is 11.3 Å². The Morgan fingerprint density at radius 1 is 0.966 bits per heavy atom. The van der Waals surface area contributed by atoms with Gasteiger partial charge in [-0.25, -0.2) is 0 Å². The van der Waals surface area contributed by atoms with E-state index in [2.05, 4.69) is 102 Å². The predicted octanol–water partition coefficient (Wildman–Crippen LogP) is 6.24. The van der Waals surface area contributed by atoms with Gasteiger partial charge < -0.3 is 0 Å². The molecule has 0 fully saturated rings. The summed E-state index contributed by atoms with van der Waals surface area (Å²) in [6.45, 7) is 2.37. The second kappa shape index (κ2) is 7.09. The number of aromatic nitrogens is 1. The Kier molecular flexibility index (Phi) is 4.40. The number of hydrogen-bond donors (Lipinski definition) is 0. The summed E-state index contributed by atoms with van der Waals surface area (Å²) >= 11 is 1.77. The fourth-order valence-corrected chi connectivity index (χ4v) is 5.25. The van der Waals surface area contributed by atoms with E-state index in [0.29, 0.717) is 0 Å². The summed E-state index contributed by atoms with van der Waals surface area (Å²) in [5.41, 5.74) is 4.95. The summed E-state index contributed by atoms with van der Waals surface area (Å²) in [5.74, 6) is 0. The van der Waals surface area contributed by atoms with Gasteiger partial charge in [0.2, 0.25) is 5.69 Å². The van der Waals surface area contributed by atoms with E-state index in [-0.39, 0.29) is 5.41 Å². The van der Waals surface area contributed by atoms with Gasteiger partial charge in [-0.3, -0.25) is 4.98 Å². The molecule has 0 saturated heterocycles. The highest BCUT2D eigenvalue weighted by Crippen LogP contribution is 2.45. The Balaban J connectivity index is 1.72. The first-order valence-corrected chi connectivity index (χ1v) is 10.8. The van der Waals surface area contributed by atoms with Gasteiger partial charge in [-0.15, -0.1) is 11.3 Å². The number of rotatable bonds is 4. The fourth-order valence-electron chi connectivity index (χ4n) is 4.63. The van der Waals surface area contributed by atoms with E-state index in [1.807, 2.05) is 12.3 Å². The highest BCUT2D eigenvalue weighted by atomic mass is 32.1. The molecule has 0 amide bonds. The number of benzene rings is 2. The zero-order valence-corrected chi connectivity index (χ0v) is 17.5. The van der Waals surface area contributed by atoms with Gasteiger partial charge in [0, 0.05) is 40.9 Å². The SMILES string of the molecule is C[N+]1=C(C=Cc2cccs2)C(C)(Cc2ccccn2)c2c1ccc1ccccc21. The third kappa shape index (κ3) is 3.02. The summed E-state index contributed by atoms with van der Waals surface area (Å²) in [4.78, 5) is 5.93. The van der Waals surface area contributed by atoms with Crippen LogP contribution in [0.3, 0.4) is 0 Å². The Labute approximate surface area is 175 Å². The lowest BCUT2D eigenvalue weighted by molar-refractivity contribution is -0.401. The van der Waals surface area contributed by atoms with E-state index in [9.17, 15) is 0 Å². The lowest BCUT2D eigenvalue weighted by atomic mass is 9.73. The molecule has 1 aliphatic rings. The molecule has 3 heterocycles. The molecule has 0 N–H and O–H groups in total. The maximum Gasteiger partial charge on any atom is 0.210 e. The second-order valence-electron chi connectivity index (χ2n) is 7.80. The van der Waals surface area contributed by atoms with Crippen molar-refractivity contribution in [2.75, 3.05) is 7.05 Å². The van der Waals surface area contributed by atoms with Gasteiger partial charge in [-0.1, -0.05) is 36.4 Å². The summed E-state index contributed by atoms with van der Waals surface area (Å²) < 4.78 is 2.36. The summed E-state index contributed by atoms with van der Waals surface area (Å²) in [6.07, 6.45) is 7.29. The minimum atomic E-state index is -0.160. The van der Waals surface area contributed by atoms with E-state index in [0.717, 1.165) is 12.1 Å². The zero-order valence-electron chi connectivity index (χ0n) is 16.7. The van der Waals surface area contributed by atoms with Gasteiger partial charge in [0.15, 0.2) is 5.71 Å². The lowest BCUT2D eigenvalue weighted by Gasteiger charge is -2.23. The van der Waals surface area contributed by atoms with Crippen molar-refractivity contribution in [2.24, 2.45) is 0 Å². The van der Waals surface area contributed by atoms with Crippen LogP contribution in [0.25, 0.3) is 16.8 Å². The smallest absolute Gasteiger partial charge is 0.210 e. The molecule has 1 atom stereocenters. The Morgan fingerprint density at radius 3 is 2.62 bits per heavy atom. The highest BCUT2D eigenvalue weighted by Gasteiger charge is 2.48. The Hall–Kier alpha value is -3.04. The topological polar surface area (TPSA) is 15.9 Å². The lowest BCUT2D eigenvalue weighted by Crippen LogP contribution is -2.33. The number of nitrogens with zero attached hydrogens (tertiary/aromatic N) is 2. The van der Waals surface area contributed by atoms with Crippen molar-refractivity contribution in [3.63, 3.8) is 0 Å². The molecule has 1 unspecified atom stereocenters. The first-order valence-electron chi connectivity index (χ1n) is 9.92. The molecule has 2 aromatic carbocycles. The maximum absolute atomic E-state index is 4.66. The zero-order chi connectivity index (χ0) is 19.8. The Bertz CT molecular complexity index is 1240. The molecule has 142 valence electrons. The van der Waals surface area contributed by atoms with Crippen LogP contribution >= 0.6 is 11.3 Å². The summed E-state index contributed by atoms with van der Waals surface area (Å²) in [6, 6.07) is 23.7. The van der Waals surface area contributed by atoms with Crippen molar-refractivity contribution in [3.8, 4) is 0 Å². The van der Waals surface area contributed by atoms with Gasteiger partial charge in [0.1, 0.15) is 7.05 Å². The molecule has 0 aliphatic carbocycles. The van der Waals surface area contributed by atoms with Crippen molar-refractivity contribution in [1.29, 1.82) is 0 Å². The monoisotopic (exact) mass is 395 g/mol. The molecular weight excluding hydrogens is 372 g/mol. The first kappa shape index (κ1) is 18.0. The predicted molar refractivity (Wildman–Crippen MR) is 123 cm³/mol. The third-order valence-corrected chi connectivity index (χ3v) is 6.79. The van der Waals surface area contributed by atoms with E-state index in [1.165, 1.54) is 32.6 Å². The van der Waals surface area contributed by atoms with Gasteiger partial charge >= 0.3 is 0 Å². The quantitative estimate of drug-likeness (QED) is 0.374. The molecule has 0 saturated carbocycles. The van der Waals surface area contributed by atoms with Crippen LogP contribution in [0, 0.1) is 0 Å². The van der Waals surface area contributed by atoms with Gasteiger partial charge in [-0.05, 0) is 53.4 Å². The molecule has 5 rings (SSSR count). The fraction of sp³-hybridized carbons (Fsp3) is 0.154. The van der Waals surface area contributed by atoms with Crippen molar-refractivity contribution >= 4 is 39.6 Å². The van der Waals surface area contributed by atoms with Crippen molar-refractivity contribution in [2.45, 2.75) is 18.8 Å². The van der Waals surface area contributed by atoms with Crippen molar-refractivity contribution in [1.82, 2.24) is 4.98 Å². The number of hydrogen-bond acceptors (Lipinski definition) is 2. The number of pyridine rings is 1. The molecule has 2 aromatic heterocycles. The average Bonchev–Trinajstić information content (AvgIpc) is 3.33. The van der Waals surface area contributed by atoms with Crippen LogP contribution in [0.15, 0.2) is 84.4 Å². The van der Waals surface area contributed by atoms with Crippen LogP contribution in [0.5, 0.6) is 0 Å². The van der Waals surface area contributed by atoms with E-state index < -0.39 is 0 Å². The standard InChI is InChI=1S/C26H23N2S/c1-26(18-20-9-5-6-16-27-20)24(15-13-21-10-7-17-29-21)28(2)23-14-12-19-8-3-4-11-22(19)25(23)26/h3-17H,18H2,1-2H3/q+1. The summed E-state index contributed by atoms with van der Waals surface area (Å²) in [5, 5.41) is 4.74. The molecule has 2 nitrogen and oxygen atoms in total. The van der Waals surface area contributed by atoms with E-state index in [4.69, 9.17) is 0 Å². The minimum absolute atomic E-state index is 0.160. The second-order valence-corrected chi connectivity index (χ2v) is 8.78. The number of fused-ring (bicyclic) bond motifs is 3. The normalized spacial score (nSPS) is 18.7. The van der Waals surface area contributed by atoms with Crippen molar-refractivity contribution < 1.29 is 4.58 Å². The van der Waals surface area contributed by atoms with Gasteiger partial charge in [0.25, 0.3) is 0 Å². The Morgan fingerprint density at radius 2 is 1.83 bits per heavy atom. The minimum Gasteiger partial charge on any atom is -0.261 e. The number of thiophene rings is 1. The first-order chi connectivity index (χ1) is 14.2. The number of allylic oxidation sites excluding steroid dienone is 1. The molecule has 1 aliphatic heterocycles. The third-order valence-electron chi connectivity index (χ3n) is 5.96. The molecule has 0 spiro atoms. The molecule has 4 aromatic rings. The largest absolute Gasteiger partial charge is 0.261 e. The van der Waals surface area contributed by atoms with Crippen LogP contribution in [0.4, 0.5) is 5.69 Å². The van der Waals surface area contributed by atoms with Crippen LogP contribution < -0.4 is 0 Å². The van der Waals surface area contributed by atoms with Crippen LogP contribution in [-0.4, -0.2) is 22.3 Å². The van der Waals surface area contributed by atoms with Gasteiger partial charge in [-0.2, -0.15) is 4.58 Å². The molecule has 0 bridgehead atoms.